The highest BCUT2D eigenvalue weighted by Crippen LogP contribution is 2.23. The van der Waals surface area contributed by atoms with Gasteiger partial charge in [-0.15, -0.1) is 0 Å². The third-order valence-corrected chi connectivity index (χ3v) is 2.42. The molecule has 0 heterocycles. The van der Waals surface area contributed by atoms with Crippen molar-refractivity contribution in [3.8, 4) is 0 Å². The van der Waals surface area contributed by atoms with E-state index in [0.717, 1.165) is 24.6 Å². The highest BCUT2D eigenvalue weighted by molar-refractivity contribution is 7.99. The Balaban J connectivity index is 3.38. The lowest BCUT2D eigenvalue weighted by atomic mass is 10.4. The Morgan fingerprint density at radius 1 is 1.42 bits per heavy atom. The van der Waals surface area contributed by atoms with Gasteiger partial charge in [-0.25, -0.2) is 0 Å². The average Bonchev–Trinajstić information content (AvgIpc) is 1.96. The highest BCUT2D eigenvalue weighted by atomic mass is 32.2. The lowest BCUT2D eigenvalue weighted by Gasteiger charge is -2.13. The van der Waals surface area contributed by atoms with Crippen LogP contribution in [0.5, 0.6) is 0 Å². The molecule has 5 heteroatoms. The number of alkyl halides is 3. The van der Waals surface area contributed by atoms with Crippen LogP contribution in [0.15, 0.2) is 0 Å². The number of aliphatic hydroxyl groups is 1. The normalized spacial score (nSPS) is 14.8. The van der Waals surface area contributed by atoms with Gasteiger partial charge in [0.2, 0.25) is 0 Å². The molecule has 0 saturated carbocycles. The lowest BCUT2D eigenvalue weighted by molar-refractivity contribution is -0.195. The van der Waals surface area contributed by atoms with Gasteiger partial charge in [0.1, 0.15) is 0 Å². The Bertz CT molecular complexity index is 116. The minimum absolute atomic E-state index is 0.247. The van der Waals surface area contributed by atoms with Gasteiger partial charge < -0.3 is 5.11 Å². The molecule has 1 unspecified atom stereocenters. The van der Waals surface area contributed by atoms with Gasteiger partial charge in [-0.2, -0.15) is 24.9 Å². The van der Waals surface area contributed by atoms with E-state index >= 15 is 0 Å². The maximum Gasteiger partial charge on any atom is 0.415 e. The van der Waals surface area contributed by atoms with Crippen molar-refractivity contribution in [2.24, 2.45) is 0 Å². The minimum atomic E-state index is -4.46. The van der Waals surface area contributed by atoms with E-state index in [0.29, 0.717) is 5.75 Å². The second kappa shape index (κ2) is 5.70. The van der Waals surface area contributed by atoms with Gasteiger partial charge in [0.15, 0.2) is 6.10 Å². The monoisotopic (exact) mass is 202 g/mol. The highest BCUT2D eigenvalue weighted by Gasteiger charge is 2.37. The number of hydrogen-bond acceptors (Lipinski definition) is 2. The summed E-state index contributed by atoms with van der Waals surface area (Å²) in [5, 5.41) is 8.54. The molecule has 1 atom stereocenters. The number of hydrogen-bond donors (Lipinski definition) is 1. The predicted molar refractivity (Wildman–Crippen MR) is 44.3 cm³/mol. The van der Waals surface area contributed by atoms with Gasteiger partial charge in [-0.05, 0) is 12.2 Å². The van der Waals surface area contributed by atoms with Crippen molar-refractivity contribution in [1.82, 2.24) is 0 Å². The van der Waals surface area contributed by atoms with Gasteiger partial charge >= 0.3 is 6.18 Å². The van der Waals surface area contributed by atoms with Gasteiger partial charge in [0, 0.05) is 5.75 Å². The van der Waals surface area contributed by atoms with Gasteiger partial charge in [-0.3, -0.25) is 0 Å². The summed E-state index contributed by atoms with van der Waals surface area (Å²) in [5.41, 5.74) is 0. The third kappa shape index (κ3) is 5.71. The molecule has 0 aliphatic rings. The standard InChI is InChI=1S/C7H13F3OS/c1-2-3-4-12-5-6(11)7(8,9)10/h6,11H,2-5H2,1H3. The first-order valence-electron chi connectivity index (χ1n) is 3.81. The zero-order chi connectivity index (χ0) is 9.61. The summed E-state index contributed by atoms with van der Waals surface area (Å²) < 4.78 is 35.1. The second-order valence-electron chi connectivity index (χ2n) is 2.49. The smallest absolute Gasteiger partial charge is 0.383 e. The van der Waals surface area contributed by atoms with Crippen LogP contribution in [-0.4, -0.2) is 28.9 Å². The molecule has 0 radical (unpaired) electrons. The molecule has 12 heavy (non-hydrogen) atoms. The fourth-order valence-corrected chi connectivity index (χ4v) is 1.61. The summed E-state index contributed by atoms with van der Waals surface area (Å²) in [6.07, 6.45) is -4.76. The fraction of sp³-hybridized carbons (Fsp3) is 1.00. The average molecular weight is 202 g/mol. The quantitative estimate of drug-likeness (QED) is 0.691. The molecule has 0 fully saturated rings. The summed E-state index contributed by atoms with van der Waals surface area (Å²) in [5.74, 6) is 0.438. The van der Waals surface area contributed by atoms with Crippen LogP contribution < -0.4 is 0 Å². The van der Waals surface area contributed by atoms with Crippen LogP contribution in [0.1, 0.15) is 19.8 Å². The van der Waals surface area contributed by atoms with E-state index in [1.807, 2.05) is 6.92 Å². The molecule has 0 spiro atoms. The maximum absolute atomic E-state index is 11.7. The summed E-state index contributed by atoms with van der Waals surface area (Å²) >= 11 is 1.14. The number of unbranched alkanes of at least 4 members (excludes halogenated alkanes) is 1. The molecule has 0 rings (SSSR count). The van der Waals surface area contributed by atoms with Crippen molar-refractivity contribution in [1.29, 1.82) is 0 Å². The van der Waals surface area contributed by atoms with E-state index < -0.39 is 12.3 Å². The number of halogens is 3. The molecular weight excluding hydrogens is 189 g/mol. The molecule has 0 aliphatic carbocycles. The maximum atomic E-state index is 11.7. The largest absolute Gasteiger partial charge is 0.415 e. The van der Waals surface area contributed by atoms with Crippen LogP contribution >= 0.6 is 11.8 Å². The summed E-state index contributed by atoms with van der Waals surface area (Å²) in [6.45, 7) is 1.97. The topological polar surface area (TPSA) is 20.2 Å². The molecular formula is C7H13F3OS. The molecule has 0 saturated heterocycles. The lowest BCUT2D eigenvalue weighted by Crippen LogP contribution is -2.30. The van der Waals surface area contributed by atoms with E-state index in [1.165, 1.54) is 0 Å². The van der Waals surface area contributed by atoms with Crippen molar-refractivity contribution in [2.45, 2.75) is 32.0 Å². The summed E-state index contributed by atoms with van der Waals surface area (Å²) in [6, 6.07) is 0. The van der Waals surface area contributed by atoms with Crippen LogP contribution in [0.4, 0.5) is 13.2 Å². The van der Waals surface area contributed by atoms with Gasteiger partial charge in [0.05, 0.1) is 0 Å². The van der Waals surface area contributed by atoms with Crippen LogP contribution in [-0.2, 0) is 0 Å². The Hall–Kier alpha value is 0.100. The molecule has 0 aliphatic heterocycles. The molecule has 0 aromatic carbocycles. The molecule has 0 aromatic rings. The zero-order valence-corrected chi connectivity index (χ0v) is 7.71. The first kappa shape index (κ1) is 12.1. The van der Waals surface area contributed by atoms with E-state index in [-0.39, 0.29) is 5.75 Å². The Labute approximate surface area is 74.3 Å². The molecule has 1 N–H and O–H groups in total. The van der Waals surface area contributed by atoms with Crippen LogP contribution in [0, 0.1) is 0 Å². The van der Waals surface area contributed by atoms with E-state index in [2.05, 4.69) is 0 Å². The van der Waals surface area contributed by atoms with Gasteiger partial charge in [0.25, 0.3) is 0 Å². The van der Waals surface area contributed by atoms with Crippen LogP contribution in [0.25, 0.3) is 0 Å². The molecule has 0 aromatic heterocycles. The van der Waals surface area contributed by atoms with Crippen LogP contribution in [0.2, 0.25) is 0 Å². The van der Waals surface area contributed by atoms with E-state index in [1.54, 1.807) is 0 Å². The van der Waals surface area contributed by atoms with Crippen molar-refractivity contribution < 1.29 is 18.3 Å². The second-order valence-corrected chi connectivity index (χ2v) is 3.64. The number of aliphatic hydroxyl groups excluding tert-OH is 1. The number of rotatable bonds is 5. The summed E-state index contributed by atoms with van der Waals surface area (Å²) in [7, 11) is 0. The van der Waals surface area contributed by atoms with Crippen molar-refractivity contribution in [3.63, 3.8) is 0 Å². The Kier molecular flexibility index (Phi) is 5.74. The SMILES string of the molecule is CCCCSCC(O)C(F)(F)F. The molecule has 0 amide bonds. The third-order valence-electron chi connectivity index (χ3n) is 1.30. The minimum Gasteiger partial charge on any atom is -0.383 e. The summed E-state index contributed by atoms with van der Waals surface area (Å²) in [4.78, 5) is 0. The zero-order valence-electron chi connectivity index (χ0n) is 6.90. The first-order chi connectivity index (χ1) is 5.48. The molecule has 1 nitrogen and oxygen atoms in total. The number of thioether (sulfide) groups is 1. The predicted octanol–water partition coefficient (Wildman–Crippen LogP) is 2.44. The molecule has 0 bridgehead atoms. The molecule has 74 valence electrons. The first-order valence-corrected chi connectivity index (χ1v) is 4.96. The Morgan fingerprint density at radius 2 is 2.00 bits per heavy atom. The van der Waals surface area contributed by atoms with Crippen molar-refractivity contribution in [3.05, 3.63) is 0 Å². The Morgan fingerprint density at radius 3 is 2.42 bits per heavy atom. The van der Waals surface area contributed by atoms with Gasteiger partial charge in [-0.1, -0.05) is 13.3 Å². The van der Waals surface area contributed by atoms with Crippen LogP contribution in [0.3, 0.4) is 0 Å². The fourth-order valence-electron chi connectivity index (χ4n) is 0.536. The van der Waals surface area contributed by atoms with Crippen molar-refractivity contribution >= 4 is 11.8 Å². The van der Waals surface area contributed by atoms with E-state index in [9.17, 15) is 13.2 Å². The van der Waals surface area contributed by atoms with Crippen molar-refractivity contribution in [2.75, 3.05) is 11.5 Å². The van der Waals surface area contributed by atoms with E-state index in [4.69, 9.17) is 5.11 Å².